The number of carbonyl (C=O) groups excluding carboxylic acids is 3. The van der Waals surface area contributed by atoms with Crippen LogP contribution in [0.5, 0.6) is 0 Å². The summed E-state index contributed by atoms with van der Waals surface area (Å²) in [6.07, 6.45) is 6.16. The third-order valence-electron chi connectivity index (χ3n) is 6.34. The van der Waals surface area contributed by atoms with E-state index >= 15 is 0 Å². The van der Waals surface area contributed by atoms with E-state index in [-0.39, 0.29) is 19.4 Å². The van der Waals surface area contributed by atoms with Gasteiger partial charge >= 0.3 is 5.97 Å². The van der Waals surface area contributed by atoms with Crippen molar-refractivity contribution >= 4 is 34.6 Å². The first-order valence-corrected chi connectivity index (χ1v) is 11.7. The number of nitrogens with zero attached hydrogens (tertiary/aromatic N) is 2. The average Bonchev–Trinajstić information content (AvgIpc) is 3.63. The van der Waals surface area contributed by atoms with Crippen LogP contribution in [0.1, 0.15) is 24.1 Å². The number of carbonyl (C=O) groups is 4. The summed E-state index contributed by atoms with van der Waals surface area (Å²) in [5, 5.41) is 15.5. The fourth-order valence-corrected chi connectivity index (χ4v) is 4.44. The number of carboxylic acids is 1. The van der Waals surface area contributed by atoms with Crippen molar-refractivity contribution in [2.45, 2.75) is 43.8 Å². The van der Waals surface area contributed by atoms with Gasteiger partial charge in [-0.3, -0.25) is 14.4 Å². The number of hydrogen-bond acceptors (Lipinski definition) is 6. The predicted octanol–water partition coefficient (Wildman–Crippen LogP) is -0.320. The van der Waals surface area contributed by atoms with Gasteiger partial charge in [0.05, 0.1) is 18.9 Å². The van der Waals surface area contributed by atoms with E-state index < -0.39 is 41.8 Å². The monoisotopic (exact) mass is 495 g/mol. The average molecular weight is 496 g/mol. The van der Waals surface area contributed by atoms with Gasteiger partial charge in [0.25, 0.3) is 0 Å². The van der Waals surface area contributed by atoms with E-state index in [1.807, 2.05) is 24.3 Å². The smallest absolute Gasteiger partial charge is 0.326 e. The molecular formula is C24H29N7O5. The number of H-pyrrole nitrogens is 2. The number of nitrogens with two attached hydrogens (primary N) is 1. The fraction of sp³-hybridized carbons (Fsp3) is 0.375. The molecule has 36 heavy (non-hydrogen) atoms. The van der Waals surface area contributed by atoms with Gasteiger partial charge in [0.2, 0.25) is 17.7 Å². The molecule has 12 heteroatoms. The molecule has 1 aromatic carbocycles. The molecule has 1 aliphatic heterocycles. The Balaban J connectivity index is 1.45. The molecule has 3 amide bonds. The van der Waals surface area contributed by atoms with Gasteiger partial charge in [0.1, 0.15) is 12.1 Å². The lowest BCUT2D eigenvalue weighted by Crippen LogP contribution is -2.54. The molecule has 0 saturated carbocycles. The molecule has 3 aromatic rings. The van der Waals surface area contributed by atoms with E-state index in [1.165, 1.54) is 11.2 Å². The van der Waals surface area contributed by atoms with Crippen LogP contribution in [-0.4, -0.2) is 79.9 Å². The maximum absolute atomic E-state index is 13.1. The lowest BCUT2D eigenvalue weighted by Gasteiger charge is -2.23. The van der Waals surface area contributed by atoms with Crippen molar-refractivity contribution in [1.29, 1.82) is 0 Å². The molecule has 2 aromatic heterocycles. The third-order valence-corrected chi connectivity index (χ3v) is 6.34. The van der Waals surface area contributed by atoms with Crippen molar-refractivity contribution in [3.8, 4) is 0 Å². The Bertz CT molecular complexity index is 1240. The molecule has 1 aliphatic rings. The first kappa shape index (κ1) is 24.9. The standard InChI is InChI=1S/C24H29N7O5/c25-17(9-15-11-26-13-29-15)22(33)30-19(8-14-10-27-18-5-2-1-4-16(14)18)23(34)28-12-21(32)31-7-3-6-20(31)24(35)36/h1-2,4-5,10-11,13,17,19-20,27H,3,6-9,12,25H2,(H,26,29)(H,28,34)(H,30,33)(H,35,36). The number of rotatable bonds is 10. The van der Waals surface area contributed by atoms with E-state index in [1.54, 1.807) is 12.4 Å². The van der Waals surface area contributed by atoms with E-state index in [9.17, 15) is 24.3 Å². The highest BCUT2D eigenvalue weighted by atomic mass is 16.4. The van der Waals surface area contributed by atoms with Crippen LogP contribution in [0.2, 0.25) is 0 Å². The molecule has 7 N–H and O–H groups in total. The minimum atomic E-state index is -1.07. The zero-order valence-electron chi connectivity index (χ0n) is 19.6. The van der Waals surface area contributed by atoms with Crippen molar-refractivity contribution in [2.24, 2.45) is 5.73 Å². The minimum Gasteiger partial charge on any atom is -0.480 e. The molecule has 0 radical (unpaired) electrons. The second-order valence-corrected chi connectivity index (χ2v) is 8.81. The summed E-state index contributed by atoms with van der Waals surface area (Å²) in [6.45, 7) is -0.0489. The normalized spacial score (nSPS) is 17.0. The summed E-state index contributed by atoms with van der Waals surface area (Å²) < 4.78 is 0. The molecule has 4 rings (SSSR count). The van der Waals surface area contributed by atoms with Crippen LogP contribution < -0.4 is 16.4 Å². The van der Waals surface area contributed by atoms with Crippen molar-refractivity contribution in [3.05, 3.63) is 54.2 Å². The number of fused-ring (bicyclic) bond motifs is 1. The number of aromatic nitrogens is 3. The van der Waals surface area contributed by atoms with E-state index in [2.05, 4.69) is 25.6 Å². The number of nitrogens with one attached hydrogen (secondary N) is 4. The SMILES string of the molecule is NC(Cc1cnc[nH]1)C(=O)NC(Cc1c[nH]c2ccccc12)C(=O)NCC(=O)N1CCCC1C(=O)O. The second-order valence-electron chi connectivity index (χ2n) is 8.81. The molecule has 12 nitrogen and oxygen atoms in total. The summed E-state index contributed by atoms with van der Waals surface area (Å²) in [5.74, 6) is -2.65. The number of aliphatic carboxylic acids is 1. The first-order valence-electron chi connectivity index (χ1n) is 11.7. The van der Waals surface area contributed by atoms with Crippen molar-refractivity contribution < 1.29 is 24.3 Å². The Morgan fingerprint density at radius 1 is 1.17 bits per heavy atom. The van der Waals surface area contributed by atoms with E-state index in [0.717, 1.165) is 16.5 Å². The van der Waals surface area contributed by atoms with Gasteiger partial charge < -0.3 is 36.3 Å². The molecular weight excluding hydrogens is 466 g/mol. The molecule has 3 heterocycles. The lowest BCUT2D eigenvalue weighted by molar-refractivity contribution is -0.148. The quantitative estimate of drug-likeness (QED) is 0.222. The van der Waals surface area contributed by atoms with E-state index in [4.69, 9.17) is 5.73 Å². The summed E-state index contributed by atoms with van der Waals surface area (Å²) in [7, 11) is 0. The van der Waals surface area contributed by atoms with E-state index in [0.29, 0.717) is 25.1 Å². The zero-order chi connectivity index (χ0) is 25.7. The molecule has 3 unspecified atom stereocenters. The fourth-order valence-electron chi connectivity index (χ4n) is 4.44. The number of amides is 3. The van der Waals surface area contributed by atoms with Crippen LogP contribution in [0.4, 0.5) is 0 Å². The van der Waals surface area contributed by atoms with Gasteiger partial charge in [0.15, 0.2) is 0 Å². The molecule has 1 saturated heterocycles. The van der Waals surface area contributed by atoms with Crippen LogP contribution in [0, 0.1) is 0 Å². The van der Waals surface area contributed by atoms with Gasteiger partial charge in [-0.25, -0.2) is 9.78 Å². The first-order chi connectivity index (χ1) is 17.3. The van der Waals surface area contributed by atoms with Crippen LogP contribution in [0.3, 0.4) is 0 Å². The second kappa shape index (κ2) is 11.0. The topological polar surface area (TPSA) is 186 Å². The Kier molecular flexibility index (Phi) is 7.64. The zero-order valence-corrected chi connectivity index (χ0v) is 19.6. The molecule has 0 aliphatic carbocycles. The number of carboxylic acid groups (broad SMARTS) is 1. The minimum absolute atomic E-state index is 0.161. The summed E-state index contributed by atoms with van der Waals surface area (Å²) in [5.41, 5.74) is 8.43. The number of para-hydroxylation sites is 1. The number of likely N-dealkylation sites (tertiary alicyclic amines) is 1. The number of imidazole rings is 1. The van der Waals surface area contributed by atoms with Crippen LogP contribution >= 0.6 is 0 Å². The van der Waals surface area contributed by atoms with Crippen molar-refractivity contribution in [2.75, 3.05) is 13.1 Å². The van der Waals surface area contributed by atoms with Gasteiger partial charge in [-0.05, 0) is 24.5 Å². The van der Waals surface area contributed by atoms with Crippen molar-refractivity contribution in [1.82, 2.24) is 30.5 Å². The summed E-state index contributed by atoms with van der Waals surface area (Å²) in [6, 6.07) is 4.75. The highest BCUT2D eigenvalue weighted by Gasteiger charge is 2.34. The van der Waals surface area contributed by atoms with Gasteiger partial charge in [-0.2, -0.15) is 0 Å². The van der Waals surface area contributed by atoms with Gasteiger partial charge in [-0.15, -0.1) is 0 Å². The Morgan fingerprint density at radius 2 is 1.97 bits per heavy atom. The Hall–Kier alpha value is -4.19. The largest absolute Gasteiger partial charge is 0.480 e. The number of aromatic amines is 2. The van der Waals surface area contributed by atoms with Crippen molar-refractivity contribution in [3.63, 3.8) is 0 Å². The Morgan fingerprint density at radius 3 is 2.72 bits per heavy atom. The van der Waals surface area contributed by atoms with Gasteiger partial charge in [-0.1, -0.05) is 18.2 Å². The molecule has 190 valence electrons. The molecule has 3 atom stereocenters. The highest BCUT2D eigenvalue weighted by molar-refractivity contribution is 5.93. The molecule has 0 spiro atoms. The molecule has 0 bridgehead atoms. The third kappa shape index (κ3) is 5.71. The maximum Gasteiger partial charge on any atom is 0.326 e. The van der Waals surface area contributed by atoms with Crippen LogP contribution in [-0.2, 0) is 32.0 Å². The lowest BCUT2D eigenvalue weighted by atomic mass is 10.0. The summed E-state index contributed by atoms with van der Waals surface area (Å²) >= 11 is 0. The van der Waals surface area contributed by atoms with Gasteiger partial charge in [0, 0.05) is 48.4 Å². The van der Waals surface area contributed by atoms with Crippen LogP contribution in [0.15, 0.2) is 43.0 Å². The number of benzene rings is 1. The maximum atomic E-state index is 13.1. The predicted molar refractivity (Wildman–Crippen MR) is 130 cm³/mol. The molecule has 1 fully saturated rings. The Labute approximate surface area is 206 Å². The summed E-state index contributed by atoms with van der Waals surface area (Å²) in [4.78, 5) is 61.2. The highest BCUT2D eigenvalue weighted by Crippen LogP contribution is 2.20. The van der Waals surface area contributed by atoms with Crippen LogP contribution in [0.25, 0.3) is 10.9 Å². The number of hydrogen-bond donors (Lipinski definition) is 6.